The molecule has 7 nitrogen and oxygen atoms in total. The third-order valence-corrected chi connectivity index (χ3v) is 5.15. The topological polar surface area (TPSA) is 82.1 Å². The van der Waals surface area contributed by atoms with Crippen LogP contribution in [0.5, 0.6) is 0 Å². The molecule has 2 heterocycles. The summed E-state index contributed by atoms with van der Waals surface area (Å²) in [4.78, 5) is 36.8. The second-order valence-corrected chi connectivity index (χ2v) is 6.96. The highest BCUT2D eigenvalue weighted by molar-refractivity contribution is 8.15. The standard InChI is InChI=1S/C16H17FN4O3S/c1-4-7-20-13-6-5-11(17)8-12(13)16(14(20)24)21(10(3)23)19-15(25-16)18-9(2)22/h5-6,8H,4,7H2,1-3H3,(H,18,19,22). The third-order valence-electron chi connectivity index (χ3n) is 3.91. The van der Waals surface area contributed by atoms with Gasteiger partial charge in [-0.15, -0.1) is 5.10 Å². The first-order valence-electron chi connectivity index (χ1n) is 7.79. The van der Waals surface area contributed by atoms with Crippen LogP contribution in [0.15, 0.2) is 23.3 Å². The second kappa shape index (κ2) is 6.14. The molecule has 9 heteroatoms. The SMILES string of the molecule is CCCN1C(=O)C2(SC(NC(C)=O)=NN2C(C)=O)c2cc(F)ccc21. The molecule has 1 aromatic carbocycles. The molecule has 1 aromatic rings. The minimum Gasteiger partial charge on any atom is -0.309 e. The van der Waals surface area contributed by atoms with Gasteiger partial charge in [0.1, 0.15) is 5.82 Å². The van der Waals surface area contributed by atoms with Gasteiger partial charge in [-0.1, -0.05) is 6.92 Å². The maximum atomic E-state index is 13.9. The highest BCUT2D eigenvalue weighted by Crippen LogP contribution is 2.54. The summed E-state index contributed by atoms with van der Waals surface area (Å²) in [7, 11) is 0. The van der Waals surface area contributed by atoms with Crippen LogP contribution in [-0.2, 0) is 19.3 Å². The monoisotopic (exact) mass is 364 g/mol. The number of amidine groups is 1. The van der Waals surface area contributed by atoms with E-state index in [0.717, 1.165) is 16.8 Å². The van der Waals surface area contributed by atoms with Crippen LogP contribution in [0.3, 0.4) is 0 Å². The van der Waals surface area contributed by atoms with Crippen molar-refractivity contribution in [1.82, 2.24) is 10.3 Å². The molecule has 0 bridgehead atoms. The fourth-order valence-electron chi connectivity index (χ4n) is 3.03. The summed E-state index contributed by atoms with van der Waals surface area (Å²) in [6, 6.07) is 4.06. The Morgan fingerprint density at radius 2 is 2.08 bits per heavy atom. The van der Waals surface area contributed by atoms with Gasteiger partial charge in [-0.05, 0) is 36.4 Å². The van der Waals surface area contributed by atoms with Crippen molar-refractivity contribution in [3.63, 3.8) is 0 Å². The first kappa shape index (κ1) is 17.4. The number of carbonyl (C=O) groups excluding carboxylic acids is 3. The molecule has 0 saturated heterocycles. The zero-order valence-electron chi connectivity index (χ0n) is 14.0. The number of hydrogen-bond acceptors (Lipinski definition) is 5. The number of hydrogen-bond donors (Lipinski definition) is 1. The van der Waals surface area contributed by atoms with Crippen molar-refractivity contribution >= 4 is 40.3 Å². The number of amides is 3. The lowest BCUT2D eigenvalue weighted by Gasteiger charge is -2.29. The fourth-order valence-corrected chi connectivity index (χ4v) is 4.35. The molecule has 1 N–H and O–H groups in total. The molecular weight excluding hydrogens is 347 g/mol. The zero-order chi connectivity index (χ0) is 18.4. The van der Waals surface area contributed by atoms with E-state index in [-0.39, 0.29) is 17.0 Å². The van der Waals surface area contributed by atoms with E-state index in [0.29, 0.717) is 24.2 Å². The van der Waals surface area contributed by atoms with E-state index in [2.05, 4.69) is 10.4 Å². The Hall–Kier alpha value is -2.42. The molecule has 3 amide bonds. The van der Waals surface area contributed by atoms with E-state index in [9.17, 15) is 18.8 Å². The van der Waals surface area contributed by atoms with Crippen LogP contribution >= 0.6 is 11.8 Å². The van der Waals surface area contributed by atoms with Crippen LogP contribution in [-0.4, -0.2) is 34.4 Å². The van der Waals surface area contributed by atoms with E-state index < -0.39 is 16.6 Å². The van der Waals surface area contributed by atoms with Gasteiger partial charge < -0.3 is 10.2 Å². The largest absolute Gasteiger partial charge is 0.309 e. The third kappa shape index (κ3) is 2.58. The minimum absolute atomic E-state index is 0.129. The van der Waals surface area contributed by atoms with Crippen molar-refractivity contribution in [3.05, 3.63) is 29.6 Å². The Labute approximate surface area is 148 Å². The molecule has 132 valence electrons. The van der Waals surface area contributed by atoms with Crippen molar-refractivity contribution in [2.45, 2.75) is 32.1 Å². The Bertz CT molecular complexity index is 813. The van der Waals surface area contributed by atoms with Crippen LogP contribution in [0.4, 0.5) is 10.1 Å². The summed E-state index contributed by atoms with van der Waals surface area (Å²) in [5.74, 6) is -1.74. The Morgan fingerprint density at radius 3 is 2.68 bits per heavy atom. The maximum absolute atomic E-state index is 13.9. The lowest BCUT2D eigenvalue weighted by atomic mass is 10.1. The van der Waals surface area contributed by atoms with Gasteiger partial charge in [-0.2, -0.15) is 5.01 Å². The zero-order valence-corrected chi connectivity index (χ0v) is 14.8. The average Bonchev–Trinajstić information content (AvgIpc) is 3.00. The lowest BCUT2D eigenvalue weighted by molar-refractivity contribution is -0.139. The number of halogens is 1. The molecule has 1 unspecified atom stereocenters. The van der Waals surface area contributed by atoms with Gasteiger partial charge in [0, 0.05) is 26.0 Å². The van der Waals surface area contributed by atoms with Gasteiger partial charge in [-0.25, -0.2) is 4.39 Å². The average molecular weight is 364 g/mol. The van der Waals surface area contributed by atoms with Crippen molar-refractivity contribution in [3.8, 4) is 0 Å². The van der Waals surface area contributed by atoms with Gasteiger partial charge in [0.25, 0.3) is 5.91 Å². The number of fused-ring (bicyclic) bond motifs is 2. The normalized spacial score (nSPS) is 21.6. The van der Waals surface area contributed by atoms with Crippen molar-refractivity contribution in [1.29, 1.82) is 0 Å². The molecule has 0 saturated carbocycles. The van der Waals surface area contributed by atoms with Gasteiger partial charge in [0.15, 0.2) is 5.17 Å². The maximum Gasteiger partial charge on any atom is 0.270 e. The number of rotatable bonds is 2. The summed E-state index contributed by atoms with van der Waals surface area (Å²) >= 11 is 0.940. The molecule has 0 fully saturated rings. The highest BCUT2D eigenvalue weighted by atomic mass is 32.2. The van der Waals surface area contributed by atoms with Crippen LogP contribution in [0.2, 0.25) is 0 Å². The molecule has 3 rings (SSSR count). The molecule has 0 aromatic heterocycles. The van der Waals surface area contributed by atoms with Crippen molar-refractivity contribution in [2.75, 3.05) is 11.4 Å². The summed E-state index contributed by atoms with van der Waals surface area (Å²) < 4.78 is 13.9. The van der Waals surface area contributed by atoms with E-state index in [4.69, 9.17) is 0 Å². The second-order valence-electron chi connectivity index (χ2n) is 5.78. The summed E-state index contributed by atoms with van der Waals surface area (Å²) in [6.07, 6.45) is 0.697. The van der Waals surface area contributed by atoms with E-state index in [1.165, 1.54) is 36.9 Å². The number of nitrogens with zero attached hydrogens (tertiary/aromatic N) is 3. The molecule has 1 spiro atoms. The van der Waals surface area contributed by atoms with E-state index in [1.807, 2.05) is 6.92 Å². The number of hydrazone groups is 1. The van der Waals surface area contributed by atoms with Crippen LogP contribution in [0.25, 0.3) is 0 Å². The van der Waals surface area contributed by atoms with Crippen molar-refractivity contribution in [2.24, 2.45) is 5.10 Å². The van der Waals surface area contributed by atoms with E-state index >= 15 is 0 Å². The summed E-state index contributed by atoms with van der Waals surface area (Å²) in [6.45, 7) is 4.93. The number of anilines is 1. The van der Waals surface area contributed by atoms with Gasteiger partial charge in [-0.3, -0.25) is 14.4 Å². The Balaban J connectivity index is 2.17. The molecule has 2 aliphatic rings. The first-order valence-corrected chi connectivity index (χ1v) is 8.61. The predicted molar refractivity (Wildman–Crippen MR) is 92.1 cm³/mol. The quantitative estimate of drug-likeness (QED) is 0.867. The lowest BCUT2D eigenvalue weighted by Crippen LogP contribution is -2.48. The van der Waals surface area contributed by atoms with Gasteiger partial charge in [0.2, 0.25) is 16.7 Å². The van der Waals surface area contributed by atoms with E-state index in [1.54, 1.807) is 0 Å². The fraction of sp³-hybridized carbons (Fsp3) is 0.375. The molecule has 0 radical (unpaired) electrons. The van der Waals surface area contributed by atoms with Gasteiger partial charge >= 0.3 is 0 Å². The van der Waals surface area contributed by atoms with Crippen LogP contribution in [0, 0.1) is 5.82 Å². The number of thioether (sulfide) groups is 1. The Morgan fingerprint density at radius 1 is 1.36 bits per heavy atom. The van der Waals surface area contributed by atoms with Crippen LogP contribution in [0.1, 0.15) is 32.8 Å². The first-order chi connectivity index (χ1) is 11.8. The number of nitrogens with one attached hydrogen (secondary N) is 1. The number of benzene rings is 1. The molecule has 1 atom stereocenters. The molecule has 2 aliphatic heterocycles. The highest BCUT2D eigenvalue weighted by Gasteiger charge is 2.61. The Kier molecular flexibility index (Phi) is 4.28. The molecule has 0 aliphatic carbocycles. The molecular formula is C16H17FN4O3S. The predicted octanol–water partition coefficient (Wildman–Crippen LogP) is 1.74. The summed E-state index contributed by atoms with van der Waals surface area (Å²) in [5, 5.41) is 7.76. The van der Waals surface area contributed by atoms with Crippen LogP contribution < -0.4 is 10.2 Å². The number of carbonyl (C=O) groups is 3. The smallest absolute Gasteiger partial charge is 0.270 e. The molecule has 25 heavy (non-hydrogen) atoms. The minimum atomic E-state index is -1.53. The summed E-state index contributed by atoms with van der Waals surface area (Å²) in [5.41, 5.74) is 0.904. The van der Waals surface area contributed by atoms with Gasteiger partial charge in [0.05, 0.1) is 5.69 Å². The van der Waals surface area contributed by atoms with Crippen molar-refractivity contribution < 1.29 is 18.8 Å².